The third-order valence-electron chi connectivity index (χ3n) is 3.62. The fourth-order valence-electron chi connectivity index (χ4n) is 2.31. The molecule has 26 heavy (non-hydrogen) atoms. The molecule has 0 bridgehead atoms. The third kappa shape index (κ3) is 3.99. The van der Waals surface area contributed by atoms with E-state index in [4.69, 9.17) is 10.2 Å². The van der Waals surface area contributed by atoms with E-state index in [9.17, 15) is 14.7 Å². The summed E-state index contributed by atoms with van der Waals surface area (Å²) in [5.74, 6) is -0.898. The number of hydrogen-bond acceptors (Lipinski definition) is 4. The molecule has 0 radical (unpaired) electrons. The molecule has 0 aliphatic rings. The van der Waals surface area contributed by atoms with Gasteiger partial charge in [0.25, 0.3) is 5.91 Å². The normalized spacial score (nSPS) is 11.2. The Kier molecular flexibility index (Phi) is 4.85. The van der Waals surface area contributed by atoms with Crippen molar-refractivity contribution in [2.75, 3.05) is 5.73 Å². The fraction of sp³-hybridized carbons (Fsp3) is 0. The second kappa shape index (κ2) is 7.40. The van der Waals surface area contributed by atoms with Crippen LogP contribution in [0.2, 0.25) is 0 Å². The maximum atomic E-state index is 12.2. The Morgan fingerprint density at radius 1 is 0.962 bits per heavy atom. The van der Waals surface area contributed by atoms with Gasteiger partial charge in [0.2, 0.25) is 0 Å². The molecule has 4 N–H and O–H groups in total. The molecule has 0 aliphatic heterocycles. The molecular formula is C20H16N2O4. The zero-order chi connectivity index (χ0) is 18.5. The number of amides is 1. The summed E-state index contributed by atoms with van der Waals surface area (Å²) in [5, 5.41) is 11.7. The second-order valence-corrected chi connectivity index (χ2v) is 5.51. The molecular weight excluding hydrogens is 332 g/mol. The molecule has 3 aromatic rings. The fourth-order valence-corrected chi connectivity index (χ4v) is 2.31. The number of aliphatic carboxylic acids is 1. The van der Waals surface area contributed by atoms with Crippen LogP contribution in [0.3, 0.4) is 0 Å². The predicted octanol–water partition coefficient (Wildman–Crippen LogP) is 3.38. The van der Waals surface area contributed by atoms with Gasteiger partial charge in [0.15, 0.2) is 0 Å². The van der Waals surface area contributed by atoms with Crippen molar-refractivity contribution in [1.82, 2.24) is 5.32 Å². The van der Waals surface area contributed by atoms with E-state index in [1.165, 1.54) is 18.2 Å². The molecule has 0 unspecified atom stereocenters. The van der Waals surface area contributed by atoms with Crippen molar-refractivity contribution in [3.8, 4) is 11.3 Å². The van der Waals surface area contributed by atoms with Crippen LogP contribution in [-0.4, -0.2) is 17.0 Å². The maximum Gasteiger partial charge on any atom is 0.352 e. The first-order valence-corrected chi connectivity index (χ1v) is 7.80. The molecule has 1 aromatic heterocycles. The molecule has 1 amide bonds. The Hall–Kier alpha value is -3.80. The number of nitrogen functional groups attached to an aromatic ring is 1. The molecule has 0 atom stereocenters. The molecule has 0 spiro atoms. The monoisotopic (exact) mass is 348 g/mol. The molecule has 2 aromatic carbocycles. The maximum absolute atomic E-state index is 12.2. The molecule has 130 valence electrons. The number of nitrogens with two attached hydrogens (primary N) is 1. The van der Waals surface area contributed by atoms with Crippen molar-refractivity contribution >= 4 is 23.6 Å². The van der Waals surface area contributed by atoms with Crippen LogP contribution in [0.15, 0.2) is 76.8 Å². The van der Waals surface area contributed by atoms with E-state index in [2.05, 4.69) is 5.32 Å². The zero-order valence-corrected chi connectivity index (χ0v) is 13.7. The SMILES string of the molecule is Nc1ccc(C(=O)NC(=Cc2ccc(-c3ccccc3)o2)C(=O)O)cc1. The van der Waals surface area contributed by atoms with Crippen LogP contribution in [0.1, 0.15) is 16.1 Å². The number of anilines is 1. The van der Waals surface area contributed by atoms with Gasteiger partial charge in [0, 0.05) is 22.9 Å². The zero-order valence-electron chi connectivity index (χ0n) is 13.7. The van der Waals surface area contributed by atoms with Gasteiger partial charge in [-0.3, -0.25) is 4.79 Å². The number of carboxylic acid groups (broad SMARTS) is 1. The Labute approximate surface area is 149 Å². The molecule has 0 saturated heterocycles. The minimum atomic E-state index is -1.27. The summed E-state index contributed by atoms with van der Waals surface area (Å²) in [6, 6.07) is 19.0. The van der Waals surface area contributed by atoms with Crippen LogP contribution < -0.4 is 11.1 Å². The van der Waals surface area contributed by atoms with Crippen molar-refractivity contribution in [3.63, 3.8) is 0 Å². The minimum Gasteiger partial charge on any atom is -0.477 e. The standard InChI is InChI=1S/C20H16N2O4/c21-15-8-6-14(7-9-15)19(23)22-17(20(24)25)12-16-10-11-18(26-16)13-4-2-1-3-5-13/h1-12H,21H2,(H,22,23)(H,24,25). The highest BCUT2D eigenvalue weighted by molar-refractivity contribution is 6.02. The van der Waals surface area contributed by atoms with Crippen molar-refractivity contribution in [3.05, 3.63) is 83.8 Å². The van der Waals surface area contributed by atoms with Crippen molar-refractivity contribution in [1.29, 1.82) is 0 Å². The number of nitrogens with one attached hydrogen (secondary N) is 1. The Balaban J connectivity index is 1.82. The summed E-state index contributed by atoms with van der Waals surface area (Å²) < 4.78 is 5.65. The van der Waals surface area contributed by atoms with Gasteiger partial charge in [-0.15, -0.1) is 0 Å². The summed E-state index contributed by atoms with van der Waals surface area (Å²) in [7, 11) is 0. The molecule has 0 aliphatic carbocycles. The van der Waals surface area contributed by atoms with Gasteiger partial charge in [-0.25, -0.2) is 4.79 Å². The van der Waals surface area contributed by atoms with E-state index in [1.807, 2.05) is 30.3 Å². The van der Waals surface area contributed by atoms with Crippen molar-refractivity contribution in [2.24, 2.45) is 0 Å². The average molecular weight is 348 g/mol. The quantitative estimate of drug-likeness (QED) is 0.484. The van der Waals surface area contributed by atoms with Crippen molar-refractivity contribution in [2.45, 2.75) is 0 Å². The summed E-state index contributed by atoms with van der Waals surface area (Å²) in [6.45, 7) is 0. The Bertz CT molecular complexity index is 957. The highest BCUT2D eigenvalue weighted by Gasteiger charge is 2.14. The Morgan fingerprint density at radius 3 is 2.31 bits per heavy atom. The topological polar surface area (TPSA) is 106 Å². The third-order valence-corrected chi connectivity index (χ3v) is 3.62. The lowest BCUT2D eigenvalue weighted by molar-refractivity contribution is -0.132. The van der Waals surface area contributed by atoms with E-state index < -0.39 is 11.9 Å². The molecule has 0 fully saturated rings. The van der Waals surface area contributed by atoms with Crippen LogP contribution in [0.4, 0.5) is 5.69 Å². The first-order chi connectivity index (χ1) is 12.5. The van der Waals surface area contributed by atoms with Crippen LogP contribution in [-0.2, 0) is 4.79 Å². The van der Waals surface area contributed by atoms with Gasteiger partial charge >= 0.3 is 5.97 Å². The van der Waals surface area contributed by atoms with E-state index in [0.717, 1.165) is 5.56 Å². The van der Waals surface area contributed by atoms with Crippen molar-refractivity contribution < 1.29 is 19.1 Å². The first kappa shape index (κ1) is 17.0. The lowest BCUT2D eigenvalue weighted by Gasteiger charge is -2.06. The smallest absolute Gasteiger partial charge is 0.352 e. The number of carbonyl (C=O) groups is 2. The van der Waals surface area contributed by atoms with Gasteiger partial charge in [0.1, 0.15) is 17.2 Å². The highest BCUT2D eigenvalue weighted by Crippen LogP contribution is 2.23. The van der Waals surface area contributed by atoms with E-state index in [1.54, 1.807) is 24.3 Å². The molecule has 6 nitrogen and oxygen atoms in total. The van der Waals surface area contributed by atoms with Gasteiger partial charge in [-0.05, 0) is 36.4 Å². The Morgan fingerprint density at radius 2 is 1.65 bits per heavy atom. The van der Waals surface area contributed by atoms with Crippen LogP contribution in [0.25, 0.3) is 17.4 Å². The van der Waals surface area contributed by atoms with E-state index >= 15 is 0 Å². The summed E-state index contributed by atoms with van der Waals surface area (Å²) in [6.07, 6.45) is 1.27. The summed E-state index contributed by atoms with van der Waals surface area (Å²) in [4.78, 5) is 23.7. The highest BCUT2D eigenvalue weighted by atomic mass is 16.4. The largest absolute Gasteiger partial charge is 0.477 e. The van der Waals surface area contributed by atoms with Crippen LogP contribution >= 0.6 is 0 Å². The summed E-state index contributed by atoms with van der Waals surface area (Å²) >= 11 is 0. The van der Waals surface area contributed by atoms with E-state index in [-0.39, 0.29) is 5.70 Å². The van der Waals surface area contributed by atoms with Gasteiger partial charge in [-0.1, -0.05) is 30.3 Å². The lowest BCUT2D eigenvalue weighted by Crippen LogP contribution is -2.27. The number of benzene rings is 2. The van der Waals surface area contributed by atoms with Gasteiger partial charge in [0.05, 0.1) is 0 Å². The number of furan rings is 1. The minimum absolute atomic E-state index is 0.291. The number of rotatable bonds is 5. The number of carbonyl (C=O) groups excluding carboxylic acids is 1. The van der Waals surface area contributed by atoms with Gasteiger partial charge in [-0.2, -0.15) is 0 Å². The predicted molar refractivity (Wildman–Crippen MR) is 98.1 cm³/mol. The molecule has 0 saturated carbocycles. The lowest BCUT2D eigenvalue weighted by atomic mass is 10.2. The number of hydrogen-bond donors (Lipinski definition) is 3. The summed E-state index contributed by atoms with van der Waals surface area (Å²) in [5.41, 5.74) is 6.97. The first-order valence-electron chi connectivity index (χ1n) is 7.80. The molecule has 6 heteroatoms. The number of carboxylic acids is 1. The van der Waals surface area contributed by atoms with E-state index in [0.29, 0.717) is 22.8 Å². The van der Waals surface area contributed by atoms with Crippen LogP contribution in [0.5, 0.6) is 0 Å². The van der Waals surface area contributed by atoms with Gasteiger partial charge < -0.3 is 20.6 Å². The van der Waals surface area contributed by atoms with Crippen LogP contribution in [0, 0.1) is 0 Å². The molecule has 3 rings (SSSR count). The molecule has 1 heterocycles. The average Bonchev–Trinajstić information content (AvgIpc) is 3.11. The second-order valence-electron chi connectivity index (χ2n) is 5.51.